The van der Waals surface area contributed by atoms with E-state index >= 15 is 0 Å². The molecule has 120 valence electrons. The van der Waals surface area contributed by atoms with Crippen LogP contribution >= 0.6 is 0 Å². The Labute approximate surface area is 123 Å². The molecular weight excluding hydrogens is 278 g/mol. The fraction of sp³-hybridized carbons (Fsp3) is 0.929. The normalized spacial score (nSPS) is 15.7. The summed E-state index contributed by atoms with van der Waals surface area (Å²) in [5, 5.41) is 2.61. The Balaban J connectivity index is 4.73. The van der Waals surface area contributed by atoms with Gasteiger partial charge < -0.3 is 10.1 Å². The molecular formula is C14H29NO4S. The SMILES string of the molecule is CCCNC(CC)C(C)S(=O)(=O)CC(=O)OC(C)(C)C. The largest absolute Gasteiger partial charge is 0.459 e. The van der Waals surface area contributed by atoms with Gasteiger partial charge >= 0.3 is 5.97 Å². The molecule has 0 aromatic carbocycles. The van der Waals surface area contributed by atoms with Crippen molar-refractivity contribution in [2.24, 2.45) is 0 Å². The van der Waals surface area contributed by atoms with E-state index in [0.29, 0.717) is 6.42 Å². The minimum absolute atomic E-state index is 0.137. The van der Waals surface area contributed by atoms with Crippen LogP contribution in [0.15, 0.2) is 0 Å². The lowest BCUT2D eigenvalue weighted by Gasteiger charge is -2.25. The maximum Gasteiger partial charge on any atom is 0.321 e. The molecule has 0 aliphatic heterocycles. The highest BCUT2D eigenvalue weighted by atomic mass is 32.2. The number of nitrogens with one attached hydrogen (secondary N) is 1. The number of rotatable bonds is 8. The van der Waals surface area contributed by atoms with Gasteiger partial charge in [-0.2, -0.15) is 0 Å². The van der Waals surface area contributed by atoms with E-state index in [0.717, 1.165) is 13.0 Å². The van der Waals surface area contributed by atoms with Gasteiger partial charge in [0.15, 0.2) is 9.84 Å². The van der Waals surface area contributed by atoms with Crippen LogP contribution in [0, 0.1) is 0 Å². The molecule has 5 nitrogen and oxygen atoms in total. The Morgan fingerprint density at radius 2 is 1.80 bits per heavy atom. The van der Waals surface area contributed by atoms with Crippen molar-refractivity contribution in [2.45, 2.75) is 71.3 Å². The second-order valence-corrected chi connectivity index (χ2v) is 8.43. The molecule has 0 radical (unpaired) electrons. The standard InChI is InChI=1S/C14H29NO4S/c1-7-9-15-12(8-2)11(3)20(17,18)10-13(16)19-14(4,5)6/h11-12,15H,7-10H2,1-6H3. The second-order valence-electron chi connectivity index (χ2n) is 6.07. The van der Waals surface area contributed by atoms with Gasteiger partial charge in [0.1, 0.15) is 11.4 Å². The highest BCUT2D eigenvalue weighted by Gasteiger charge is 2.31. The molecule has 2 atom stereocenters. The topological polar surface area (TPSA) is 72.5 Å². The van der Waals surface area contributed by atoms with Crippen molar-refractivity contribution >= 4 is 15.8 Å². The van der Waals surface area contributed by atoms with Crippen LogP contribution in [0.25, 0.3) is 0 Å². The predicted octanol–water partition coefficient (Wildman–Crippen LogP) is 1.91. The number of esters is 1. The maximum atomic E-state index is 12.2. The van der Waals surface area contributed by atoms with Gasteiger partial charge in [0, 0.05) is 6.04 Å². The number of sulfone groups is 1. The first-order chi connectivity index (χ1) is 9.03. The average Bonchev–Trinajstić information content (AvgIpc) is 2.26. The van der Waals surface area contributed by atoms with Crippen LogP contribution in [-0.4, -0.2) is 43.6 Å². The molecule has 0 spiro atoms. The molecule has 1 N–H and O–H groups in total. The number of carbonyl (C=O) groups excluding carboxylic acids is 1. The average molecular weight is 307 g/mol. The quantitative estimate of drug-likeness (QED) is 0.694. The van der Waals surface area contributed by atoms with E-state index in [9.17, 15) is 13.2 Å². The van der Waals surface area contributed by atoms with Crippen molar-refractivity contribution < 1.29 is 17.9 Å². The minimum Gasteiger partial charge on any atom is -0.459 e. The molecule has 2 unspecified atom stereocenters. The Hall–Kier alpha value is -0.620. The molecule has 0 saturated carbocycles. The Morgan fingerprint density at radius 3 is 2.20 bits per heavy atom. The maximum absolute atomic E-state index is 12.2. The van der Waals surface area contributed by atoms with Crippen LogP contribution in [0.4, 0.5) is 0 Å². The molecule has 0 aromatic heterocycles. The van der Waals surface area contributed by atoms with Gasteiger partial charge in [0.2, 0.25) is 0 Å². The first-order valence-corrected chi connectivity index (χ1v) is 8.91. The number of hydrogen-bond acceptors (Lipinski definition) is 5. The van der Waals surface area contributed by atoms with E-state index in [1.165, 1.54) is 0 Å². The summed E-state index contributed by atoms with van der Waals surface area (Å²) in [7, 11) is -3.51. The van der Waals surface area contributed by atoms with E-state index in [4.69, 9.17) is 4.74 Å². The molecule has 0 heterocycles. The van der Waals surface area contributed by atoms with Crippen molar-refractivity contribution in [2.75, 3.05) is 12.3 Å². The van der Waals surface area contributed by atoms with Gasteiger partial charge in [-0.15, -0.1) is 0 Å². The van der Waals surface area contributed by atoms with Crippen molar-refractivity contribution in [3.63, 3.8) is 0 Å². The lowest BCUT2D eigenvalue weighted by Crippen LogP contribution is -2.44. The Bertz CT molecular complexity index is 398. The molecule has 0 aliphatic carbocycles. The van der Waals surface area contributed by atoms with Crippen molar-refractivity contribution in [3.05, 3.63) is 0 Å². The zero-order valence-electron chi connectivity index (χ0n) is 13.5. The summed E-state index contributed by atoms with van der Waals surface area (Å²) in [6.45, 7) is 11.5. The Kier molecular flexibility index (Phi) is 7.73. The highest BCUT2D eigenvalue weighted by Crippen LogP contribution is 2.13. The van der Waals surface area contributed by atoms with Crippen LogP contribution in [0.5, 0.6) is 0 Å². The second kappa shape index (κ2) is 7.98. The molecule has 0 bridgehead atoms. The summed E-state index contributed by atoms with van der Waals surface area (Å²) in [5.41, 5.74) is -0.666. The van der Waals surface area contributed by atoms with E-state index < -0.39 is 32.4 Å². The molecule has 20 heavy (non-hydrogen) atoms. The van der Waals surface area contributed by atoms with Crippen LogP contribution in [-0.2, 0) is 19.4 Å². The van der Waals surface area contributed by atoms with E-state index in [1.54, 1.807) is 27.7 Å². The van der Waals surface area contributed by atoms with Gasteiger partial charge in [-0.05, 0) is 47.1 Å². The Morgan fingerprint density at radius 1 is 1.25 bits per heavy atom. The van der Waals surface area contributed by atoms with E-state index in [1.807, 2.05) is 13.8 Å². The third-order valence-electron chi connectivity index (χ3n) is 2.97. The first-order valence-electron chi connectivity index (χ1n) is 7.20. The van der Waals surface area contributed by atoms with E-state index in [-0.39, 0.29) is 6.04 Å². The highest BCUT2D eigenvalue weighted by molar-refractivity contribution is 7.92. The molecule has 0 fully saturated rings. The monoisotopic (exact) mass is 307 g/mol. The van der Waals surface area contributed by atoms with Crippen LogP contribution in [0.1, 0.15) is 54.4 Å². The van der Waals surface area contributed by atoms with Gasteiger partial charge in [0.25, 0.3) is 0 Å². The van der Waals surface area contributed by atoms with Crippen LogP contribution < -0.4 is 5.32 Å². The van der Waals surface area contributed by atoms with Crippen LogP contribution in [0.2, 0.25) is 0 Å². The van der Waals surface area contributed by atoms with Crippen molar-refractivity contribution in [1.29, 1.82) is 0 Å². The number of hydrogen-bond donors (Lipinski definition) is 1. The summed E-state index contributed by atoms with van der Waals surface area (Å²) in [6.07, 6.45) is 1.64. The molecule has 6 heteroatoms. The molecule has 0 saturated heterocycles. The number of carbonyl (C=O) groups is 1. The van der Waals surface area contributed by atoms with Crippen molar-refractivity contribution in [1.82, 2.24) is 5.32 Å². The van der Waals surface area contributed by atoms with Crippen LogP contribution in [0.3, 0.4) is 0 Å². The third kappa shape index (κ3) is 7.24. The summed E-state index contributed by atoms with van der Waals surface area (Å²) in [5.74, 6) is -1.25. The van der Waals surface area contributed by atoms with Crippen molar-refractivity contribution in [3.8, 4) is 0 Å². The lowest BCUT2D eigenvalue weighted by molar-refractivity contribution is -0.151. The summed E-state index contributed by atoms with van der Waals surface area (Å²) in [4.78, 5) is 11.7. The fourth-order valence-electron chi connectivity index (χ4n) is 1.89. The summed E-state index contributed by atoms with van der Waals surface area (Å²) >= 11 is 0. The number of ether oxygens (including phenoxy) is 1. The molecule has 0 aliphatic rings. The zero-order valence-corrected chi connectivity index (χ0v) is 14.3. The lowest BCUT2D eigenvalue weighted by atomic mass is 10.1. The van der Waals surface area contributed by atoms with Gasteiger partial charge in [0.05, 0.1) is 5.25 Å². The molecule has 0 amide bonds. The third-order valence-corrected chi connectivity index (χ3v) is 5.07. The molecule has 0 aromatic rings. The smallest absolute Gasteiger partial charge is 0.321 e. The first kappa shape index (κ1) is 19.4. The zero-order chi connectivity index (χ0) is 16.0. The van der Waals surface area contributed by atoms with E-state index in [2.05, 4.69) is 5.32 Å². The summed E-state index contributed by atoms with van der Waals surface area (Å²) < 4.78 is 29.6. The van der Waals surface area contributed by atoms with Gasteiger partial charge in [-0.3, -0.25) is 4.79 Å². The van der Waals surface area contributed by atoms with Gasteiger partial charge in [-0.1, -0.05) is 13.8 Å². The van der Waals surface area contributed by atoms with Gasteiger partial charge in [-0.25, -0.2) is 8.42 Å². The summed E-state index contributed by atoms with van der Waals surface area (Å²) in [6, 6.07) is -0.137. The predicted molar refractivity (Wildman–Crippen MR) is 81.5 cm³/mol. The molecule has 0 rings (SSSR count). The fourth-order valence-corrected chi connectivity index (χ4v) is 3.33. The minimum atomic E-state index is -3.51.